The van der Waals surface area contributed by atoms with Crippen LogP contribution in [0.2, 0.25) is 0 Å². The molecule has 1 rings (SSSR count). The predicted molar refractivity (Wildman–Crippen MR) is 60.4 cm³/mol. The Bertz CT molecular complexity index is 186. The molecule has 0 aromatic rings. The van der Waals surface area contributed by atoms with Crippen LogP contribution in [0.4, 0.5) is 0 Å². The highest BCUT2D eigenvalue weighted by atomic mass is 35.5. The number of hydrogen-bond acceptors (Lipinski definition) is 2. The first-order valence-electron chi connectivity index (χ1n) is 5.37. The summed E-state index contributed by atoms with van der Waals surface area (Å²) in [6.07, 6.45) is 4.19. The first-order valence-corrected chi connectivity index (χ1v) is 5.80. The van der Waals surface area contributed by atoms with Crippen LogP contribution in [0, 0.1) is 5.92 Å². The maximum absolute atomic E-state index is 9.33. The summed E-state index contributed by atoms with van der Waals surface area (Å²) >= 11 is 5.56. The summed E-state index contributed by atoms with van der Waals surface area (Å²) in [6, 6.07) is 0. The lowest BCUT2D eigenvalue weighted by atomic mass is 9.87. The van der Waals surface area contributed by atoms with Crippen LogP contribution in [0.25, 0.3) is 0 Å². The molecule has 0 unspecified atom stereocenters. The average molecular weight is 218 g/mol. The minimum absolute atomic E-state index is 0.0456. The van der Waals surface area contributed by atoms with Crippen molar-refractivity contribution in [1.29, 1.82) is 0 Å². The molecule has 0 heterocycles. The summed E-state index contributed by atoms with van der Waals surface area (Å²) < 4.78 is 0. The fourth-order valence-corrected chi connectivity index (χ4v) is 1.94. The van der Waals surface area contributed by atoms with E-state index in [1.807, 2.05) is 6.92 Å². The van der Waals surface area contributed by atoms with E-state index in [1.165, 1.54) is 5.57 Å². The Morgan fingerprint density at radius 1 is 1.43 bits per heavy atom. The molecule has 1 aliphatic carbocycles. The Morgan fingerprint density at radius 3 is 2.64 bits per heavy atom. The molecular weight excluding hydrogens is 198 g/mol. The molecule has 1 fully saturated rings. The Morgan fingerprint density at radius 2 is 2.07 bits per heavy atom. The van der Waals surface area contributed by atoms with Crippen LogP contribution in [0.15, 0.2) is 11.1 Å². The van der Waals surface area contributed by atoms with Crippen molar-refractivity contribution in [3.8, 4) is 0 Å². The van der Waals surface area contributed by atoms with Crippen LogP contribution >= 0.6 is 11.6 Å². The second kappa shape index (κ2) is 6.44. The SMILES string of the molecule is CC(=CCl)CNCC1CCC(O)CC1. The normalized spacial score (nSPS) is 29.2. The van der Waals surface area contributed by atoms with Gasteiger partial charge in [0.2, 0.25) is 0 Å². The third kappa shape index (κ3) is 4.45. The van der Waals surface area contributed by atoms with Crippen LogP contribution in [-0.2, 0) is 0 Å². The molecule has 0 aliphatic heterocycles. The Hall–Kier alpha value is -0.0500. The van der Waals surface area contributed by atoms with Gasteiger partial charge in [0.15, 0.2) is 0 Å². The van der Waals surface area contributed by atoms with Gasteiger partial charge in [0.1, 0.15) is 0 Å². The monoisotopic (exact) mass is 217 g/mol. The minimum atomic E-state index is -0.0456. The fourth-order valence-electron chi connectivity index (χ4n) is 1.86. The molecule has 0 spiro atoms. The summed E-state index contributed by atoms with van der Waals surface area (Å²) in [5.41, 5.74) is 2.79. The Balaban J connectivity index is 2.07. The molecular formula is C11H20ClNO. The number of aliphatic hydroxyl groups excluding tert-OH is 1. The molecule has 3 heteroatoms. The molecule has 1 saturated carbocycles. The highest BCUT2D eigenvalue weighted by molar-refractivity contribution is 6.25. The molecule has 0 radical (unpaired) electrons. The van der Waals surface area contributed by atoms with Crippen molar-refractivity contribution in [2.45, 2.75) is 38.7 Å². The molecule has 0 saturated heterocycles. The van der Waals surface area contributed by atoms with Gasteiger partial charge in [0.25, 0.3) is 0 Å². The van der Waals surface area contributed by atoms with Crippen molar-refractivity contribution < 1.29 is 5.11 Å². The van der Waals surface area contributed by atoms with Gasteiger partial charge in [-0.1, -0.05) is 11.6 Å². The highest BCUT2D eigenvalue weighted by Gasteiger charge is 2.18. The summed E-state index contributed by atoms with van der Waals surface area (Å²) in [6.45, 7) is 3.95. The number of rotatable bonds is 4. The van der Waals surface area contributed by atoms with Crippen LogP contribution in [0.1, 0.15) is 32.6 Å². The Labute approximate surface area is 91.3 Å². The van der Waals surface area contributed by atoms with Gasteiger partial charge in [-0.15, -0.1) is 0 Å². The van der Waals surface area contributed by atoms with E-state index in [-0.39, 0.29) is 6.10 Å². The summed E-state index contributed by atoms with van der Waals surface area (Å²) in [5.74, 6) is 0.738. The van der Waals surface area contributed by atoms with Gasteiger partial charge in [-0.2, -0.15) is 0 Å². The van der Waals surface area contributed by atoms with Gasteiger partial charge in [-0.05, 0) is 50.6 Å². The largest absolute Gasteiger partial charge is 0.393 e. The van der Waals surface area contributed by atoms with Gasteiger partial charge in [-0.25, -0.2) is 0 Å². The first-order chi connectivity index (χ1) is 6.72. The van der Waals surface area contributed by atoms with Crippen molar-refractivity contribution in [1.82, 2.24) is 5.32 Å². The first kappa shape index (κ1) is 12.0. The average Bonchev–Trinajstić information content (AvgIpc) is 2.21. The van der Waals surface area contributed by atoms with E-state index in [1.54, 1.807) is 5.54 Å². The van der Waals surface area contributed by atoms with Gasteiger partial charge in [-0.3, -0.25) is 0 Å². The maximum atomic E-state index is 9.33. The summed E-state index contributed by atoms with van der Waals surface area (Å²) in [5, 5.41) is 12.7. The molecule has 2 N–H and O–H groups in total. The molecule has 82 valence electrons. The van der Waals surface area contributed by atoms with Crippen molar-refractivity contribution in [2.75, 3.05) is 13.1 Å². The zero-order valence-electron chi connectivity index (χ0n) is 8.80. The molecule has 0 aromatic carbocycles. The standard InChI is InChI=1S/C11H20ClNO/c1-9(6-12)7-13-8-10-2-4-11(14)5-3-10/h6,10-11,13-14H,2-5,7-8H2,1H3. The van der Waals surface area contributed by atoms with Gasteiger partial charge in [0, 0.05) is 12.1 Å². The lowest BCUT2D eigenvalue weighted by molar-refractivity contribution is 0.108. The van der Waals surface area contributed by atoms with Crippen molar-refractivity contribution >= 4 is 11.6 Å². The van der Waals surface area contributed by atoms with Crippen molar-refractivity contribution in [3.05, 3.63) is 11.1 Å². The lowest BCUT2D eigenvalue weighted by Gasteiger charge is -2.25. The number of aliphatic hydroxyl groups is 1. The molecule has 0 aromatic heterocycles. The highest BCUT2D eigenvalue weighted by Crippen LogP contribution is 2.23. The Kier molecular flexibility index (Phi) is 5.53. The van der Waals surface area contributed by atoms with Gasteiger partial charge in [0.05, 0.1) is 6.10 Å². The predicted octanol–water partition coefficient (Wildman–Crippen LogP) is 2.27. The van der Waals surface area contributed by atoms with Crippen LogP contribution < -0.4 is 5.32 Å². The topological polar surface area (TPSA) is 32.3 Å². The second-order valence-electron chi connectivity index (χ2n) is 4.26. The van der Waals surface area contributed by atoms with E-state index < -0.39 is 0 Å². The minimum Gasteiger partial charge on any atom is -0.393 e. The summed E-state index contributed by atoms with van der Waals surface area (Å²) in [7, 11) is 0. The van der Waals surface area contributed by atoms with Crippen molar-refractivity contribution in [3.63, 3.8) is 0 Å². The lowest BCUT2D eigenvalue weighted by Crippen LogP contribution is -2.28. The van der Waals surface area contributed by atoms with Crippen LogP contribution in [0.5, 0.6) is 0 Å². The van der Waals surface area contributed by atoms with Gasteiger partial charge >= 0.3 is 0 Å². The van der Waals surface area contributed by atoms with E-state index in [2.05, 4.69) is 5.32 Å². The number of hydrogen-bond donors (Lipinski definition) is 2. The van der Waals surface area contributed by atoms with E-state index in [9.17, 15) is 5.11 Å². The zero-order chi connectivity index (χ0) is 10.4. The zero-order valence-corrected chi connectivity index (χ0v) is 9.56. The third-order valence-electron chi connectivity index (χ3n) is 2.84. The van der Waals surface area contributed by atoms with E-state index in [0.717, 1.165) is 44.7 Å². The quantitative estimate of drug-likeness (QED) is 0.758. The molecule has 1 aliphatic rings. The maximum Gasteiger partial charge on any atom is 0.0540 e. The third-order valence-corrected chi connectivity index (χ3v) is 3.21. The van der Waals surface area contributed by atoms with Crippen molar-refractivity contribution in [2.24, 2.45) is 5.92 Å². The van der Waals surface area contributed by atoms with E-state index in [0.29, 0.717) is 0 Å². The van der Waals surface area contributed by atoms with Crippen LogP contribution in [0.3, 0.4) is 0 Å². The van der Waals surface area contributed by atoms with Gasteiger partial charge < -0.3 is 10.4 Å². The molecule has 14 heavy (non-hydrogen) atoms. The summed E-state index contributed by atoms with van der Waals surface area (Å²) in [4.78, 5) is 0. The molecule has 2 nitrogen and oxygen atoms in total. The van der Waals surface area contributed by atoms with E-state index >= 15 is 0 Å². The smallest absolute Gasteiger partial charge is 0.0540 e. The number of halogens is 1. The van der Waals surface area contributed by atoms with Crippen LogP contribution in [-0.4, -0.2) is 24.3 Å². The molecule has 0 atom stereocenters. The fraction of sp³-hybridized carbons (Fsp3) is 0.818. The van der Waals surface area contributed by atoms with E-state index in [4.69, 9.17) is 11.6 Å². The second-order valence-corrected chi connectivity index (χ2v) is 4.48. The number of nitrogens with one attached hydrogen (secondary N) is 1. The molecule has 0 amide bonds. The molecule has 0 bridgehead atoms.